The maximum Gasteiger partial charge on any atom is 0.407 e. The number of nitrogens with zero attached hydrogens (tertiary/aromatic N) is 3. The molecule has 0 saturated carbocycles. The van der Waals surface area contributed by atoms with Crippen molar-refractivity contribution in [2.45, 2.75) is 121 Å². The number of aromatic amines is 2. The fourth-order valence-corrected chi connectivity index (χ4v) is 8.89. The lowest BCUT2D eigenvalue weighted by Gasteiger charge is -2.30. The maximum absolute atomic E-state index is 15.2. The Kier molecular flexibility index (Phi) is 24.0. The zero-order valence-corrected chi connectivity index (χ0v) is 46.8. The van der Waals surface area contributed by atoms with Crippen LogP contribution in [-0.2, 0) is 57.6 Å². The third-order valence-corrected chi connectivity index (χ3v) is 13.0. The van der Waals surface area contributed by atoms with Gasteiger partial charge in [-0.1, -0.05) is 73.7 Å². The van der Waals surface area contributed by atoms with Crippen molar-refractivity contribution in [1.82, 2.24) is 46.8 Å². The molecule has 5 aromatic rings. The second kappa shape index (κ2) is 31.0. The molecule has 8 amide bonds. The molecule has 0 aliphatic heterocycles. The standard InChI is InChI=1S/C56H79N17O9/c1-5-46(74)73(26-25-65-55(81)82-56(2,3)4)32-45(52(80)69-42(47(58)75)27-33-15-7-6-8-16-33)72-51(79)44(29-35-31-67-40-21-12-10-18-37(35)40)71-50(78)43(28-34-30-66-39-20-11-9-17-36(34)39)70-49(77)41(22-14-24-64-54(61)62)68-48(76)38(57)19-13-23-63-53(59)60/h6-12,15-18,20-21,30-31,38,41-45,66-67H,5,13-14,19,22-29,32,57H2,1-4H3,(H2,58,75)(H,65,81)(H,68,76)(H,69,80)(H,70,77)(H,71,78)(H,72,79)(H4,59,60,63)(H4,61,62,64)/t38-,41-,42-,43-,44-,45-/m0/s1. The van der Waals surface area contributed by atoms with Gasteiger partial charge in [-0.25, -0.2) is 4.79 Å². The van der Waals surface area contributed by atoms with Gasteiger partial charge in [0.25, 0.3) is 0 Å². The minimum atomic E-state index is -1.60. The summed E-state index contributed by atoms with van der Waals surface area (Å²) in [6, 6.07) is 15.2. The molecule has 26 nitrogen and oxygen atoms in total. The first kappa shape index (κ1) is 63.6. The number of para-hydroxylation sites is 2. The van der Waals surface area contributed by atoms with Gasteiger partial charge in [0.2, 0.25) is 41.4 Å². The third-order valence-electron chi connectivity index (χ3n) is 13.0. The van der Waals surface area contributed by atoms with Crippen molar-refractivity contribution in [3.63, 3.8) is 0 Å². The maximum atomic E-state index is 15.2. The number of H-pyrrole nitrogens is 2. The first-order valence-corrected chi connectivity index (χ1v) is 27.1. The van der Waals surface area contributed by atoms with Crippen LogP contribution in [0.5, 0.6) is 0 Å². The molecule has 0 aliphatic rings. The quantitative estimate of drug-likeness (QED) is 0.0155. The van der Waals surface area contributed by atoms with Gasteiger partial charge < -0.3 is 85.9 Å². The minimum absolute atomic E-state index is 0.00211. The number of carbonyl (C=O) groups is 8. The number of nitrogens with two attached hydrogens (primary N) is 6. The van der Waals surface area contributed by atoms with Crippen molar-refractivity contribution in [3.8, 4) is 0 Å². The van der Waals surface area contributed by atoms with Crippen molar-refractivity contribution in [3.05, 3.63) is 108 Å². The molecular formula is C56H79N17O9. The molecule has 2 aromatic heterocycles. The van der Waals surface area contributed by atoms with Crippen LogP contribution in [0.4, 0.5) is 4.79 Å². The zero-order chi connectivity index (χ0) is 59.9. The minimum Gasteiger partial charge on any atom is -0.444 e. The summed E-state index contributed by atoms with van der Waals surface area (Å²) in [4.78, 5) is 128. The Bertz CT molecular complexity index is 3040. The lowest BCUT2D eigenvalue weighted by Crippen LogP contribution is -2.62. The first-order chi connectivity index (χ1) is 39.0. The lowest BCUT2D eigenvalue weighted by molar-refractivity contribution is -0.137. The number of fused-ring (bicyclic) bond motifs is 2. The predicted molar refractivity (Wildman–Crippen MR) is 312 cm³/mol. The molecule has 442 valence electrons. The number of aliphatic imine (C=N–C) groups is 2. The molecule has 0 aliphatic carbocycles. The van der Waals surface area contributed by atoms with E-state index in [0.717, 1.165) is 16.4 Å². The molecule has 26 heteroatoms. The van der Waals surface area contributed by atoms with Gasteiger partial charge >= 0.3 is 6.09 Å². The van der Waals surface area contributed by atoms with E-state index in [9.17, 15) is 28.8 Å². The zero-order valence-electron chi connectivity index (χ0n) is 46.8. The van der Waals surface area contributed by atoms with E-state index in [0.29, 0.717) is 28.5 Å². The van der Waals surface area contributed by atoms with Crippen molar-refractivity contribution in [2.24, 2.45) is 44.4 Å². The largest absolute Gasteiger partial charge is 0.444 e. The Balaban J connectivity index is 1.53. The Morgan fingerprint density at radius 2 is 1.05 bits per heavy atom. The van der Waals surface area contributed by atoms with E-state index >= 15 is 9.59 Å². The number of nitrogens with one attached hydrogen (secondary N) is 8. The summed E-state index contributed by atoms with van der Waals surface area (Å²) in [5.74, 6) is -5.72. The number of benzene rings is 3. The first-order valence-electron chi connectivity index (χ1n) is 27.1. The van der Waals surface area contributed by atoms with Crippen LogP contribution in [0.25, 0.3) is 21.8 Å². The molecular weight excluding hydrogens is 1050 g/mol. The average molecular weight is 1130 g/mol. The van der Waals surface area contributed by atoms with Gasteiger partial charge in [-0.3, -0.25) is 43.5 Å². The average Bonchev–Trinajstić information content (AvgIpc) is 4.25. The molecule has 0 saturated heterocycles. The molecule has 82 heavy (non-hydrogen) atoms. The van der Waals surface area contributed by atoms with E-state index in [1.165, 1.54) is 4.90 Å². The topological polar surface area (TPSA) is 434 Å². The molecule has 20 N–H and O–H groups in total. The molecule has 0 spiro atoms. The fraction of sp³-hybridized carbons (Fsp3) is 0.429. The number of rotatable bonds is 31. The SMILES string of the molecule is CCC(=O)N(CCNC(=O)OC(C)(C)C)C[C@H](NC(=O)[C@H](Cc1c[nH]c2ccccc12)NC(=O)[C@H](Cc1c[nH]c2ccccc12)NC(=O)[C@H](CCCN=C(N)N)NC(=O)[C@@H](N)CCCN=C(N)N)C(=O)N[C@@H](Cc1ccccc1)C(N)=O. The Morgan fingerprint density at radius 3 is 1.56 bits per heavy atom. The van der Waals surface area contributed by atoms with Crippen LogP contribution in [0, 0.1) is 0 Å². The number of hydrogen-bond donors (Lipinski definition) is 14. The van der Waals surface area contributed by atoms with Crippen LogP contribution in [0.15, 0.2) is 101 Å². The second-order valence-electron chi connectivity index (χ2n) is 20.7. The van der Waals surface area contributed by atoms with Crippen molar-refractivity contribution < 1.29 is 43.1 Å². The summed E-state index contributed by atoms with van der Waals surface area (Å²) in [6.07, 6.45) is 2.98. The van der Waals surface area contributed by atoms with Crippen molar-refractivity contribution in [1.29, 1.82) is 0 Å². The van der Waals surface area contributed by atoms with E-state index in [1.807, 2.05) is 42.5 Å². The molecule has 0 unspecified atom stereocenters. The van der Waals surface area contributed by atoms with Crippen molar-refractivity contribution in [2.75, 3.05) is 32.7 Å². The van der Waals surface area contributed by atoms with E-state index in [2.05, 4.69) is 51.9 Å². The molecule has 6 atom stereocenters. The number of hydrogen-bond acceptors (Lipinski definition) is 12. The summed E-state index contributed by atoms with van der Waals surface area (Å²) >= 11 is 0. The van der Waals surface area contributed by atoms with Gasteiger partial charge in [0.1, 0.15) is 35.8 Å². The Morgan fingerprint density at radius 1 is 0.585 bits per heavy atom. The van der Waals surface area contributed by atoms with Gasteiger partial charge in [0.05, 0.1) is 6.04 Å². The van der Waals surface area contributed by atoms with Crippen LogP contribution in [0.1, 0.15) is 76.5 Å². The molecule has 0 bridgehead atoms. The third kappa shape index (κ3) is 20.5. The second-order valence-corrected chi connectivity index (χ2v) is 20.7. The normalized spacial score (nSPS) is 13.4. The molecule has 3 aromatic carbocycles. The van der Waals surface area contributed by atoms with Crippen LogP contribution in [0.3, 0.4) is 0 Å². The predicted octanol–water partition coefficient (Wildman–Crippen LogP) is -0.216. The molecule has 0 fully saturated rings. The van der Waals surface area contributed by atoms with Gasteiger partial charge in [0.15, 0.2) is 11.9 Å². The highest BCUT2D eigenvalue weighted by atomic mass is 16.6. The summed E-state index contributed by atoms with van der Waals surface area (Å²) in [6.45, 7) is 6.25. The number of amides is 8. The number of carbonyl (C=O) groups excluding carboxylic acids is 8. The highest BCUT2D eigenvalue weighted by Gasteiger charge is 2.35. The van der Waals surface area contributed by atoms with Crippen LogP contribution in [0.2, 0.25) is 0 Å². The van der Waals surface area contributed by atoms with Gasteiger partial charge in [-0.15, -0.1) is 0 Å². The van der Waals surface area contributed by atoms with Crippen LogP contribution < -0.4 is 66.3 Å². The van der Waals surface area contributed by atoms with E-state index in [-0.39, 0.29) is 83.0 Å². The highest BCUT2D eigenvalue weighted by molar-refractivity contribution is 5.98. The van der Waals surface area contributed by atoms with Gasteiger partial charge in [0, 0.05) is 92.6 Å². The summed E-state index contributed by atoms with van der Waals surface area (Å²) < 4.78 is 5.37. The van der Waals surface area contributed by atoms with E-state index < -0.39 is 95.8 Å². The smallest absolute Gasteiger partial charge is 0.407 e. The lowest BCUT2D eigenvalue weighted by atomic mass is 10.0. The number of primary amides is 1. The van der Waals surface area contributed by atoms with Gasteiger partial charge in [-0.05, 0) is 75.3 Å². The number of ether oxygens (including phenoxy) is 1. The number of guanidine groups is 2. The summed E-state index contributed by atoms with van der Waals surface area (Å²) in [5.41, 5.74) is 36.6. The molecule has 5 rings (SSSR count). The number of aromatic nitrogens is 2. The van der Waals surface area contributed by atoms with E-state index in [1.54, 1.807) is 76.5 Å². The van der Waals surface area contributed by atoms with Crippen LogP contribution in [-0.4, -0.2) is 149 Å². The van der Waals surface area contributed by atoms with Crippen molar-refractivity contribution >= 4 is 81.2 Å². The molecule has 2 heterocycles. The van der Waals surface area contributed by atoms with E-state index in [4.69, 9.17) is 39.1 Å². The number of alkyl carbamates (subject to hydrolysis) is 1. The summed E-state index contributed by atoms with van der Waals surface area (Å²) in [5, 5.41) is 17.9. The monoisotopic (exact) mass is 1130 g/mol. The fourth-order valence-electron chi connectivity index (χ4n) is 8.89. The highest BCUT2D eigenvalue weighted by Crippen LogP contribution is 2.22. The molecule has 0 radical (unpaired) electrons. The Hall–Kier alpha value is -9.20. The van der Waals surface area contributed by atoms with Gasteiger partial charge in [-0.2, -0.15) is 0 Å². The summed E-state index contributed by atoms with van der Waals surface area (Å²) in [7, 11) is 0. The Labute approximate surface area is 475 Å². The van der Waals surface area contributed by atoms with Crippen LogP contribution >= 0.6 is 0 Å².